The highest BCUT2D eigenvalue weighted by atomic mass is 16.3. The van der Waals surface area contributed by atoms with Crippen LogP contribution in [0.15, 0.2) is 39.7 Å². The van der Waals surface area contributed by atoms with E-state index >= 15 is 0 Å². The maximum atomic E-state index is 11.8. The van der Waals surface area contributed by atoms with Gasteiger partial charge in [0.15, 0.2) is 5.76 Å². The van der Waals surface area contributed by atoms with Crippen molar-refractivity contribution in [3.05, 3.63) is 40.9 Å². The van der Waals surface area contributed by atoms with Gasteiger partial charge in [0.05, 0.1) is 12.9 Å². The third-order valence-corrected chi connectivity index (χ3v) is 3.17. The van der Waals surface area contributed by atoms with E-state index < -0.39 is 0 Å². The molecule has 5 heteroatoms. The van der Waals surface area contributed by atoms with Crippen molar-refractivity contribution in [2.75, 3.05) is 13.1 Å². The molecule has 1 aliphatic heterocycles. The first-order valence-corrected chi connectivity index (χ1v) is 6.17. The van der Waals surface area contributed by atoms with Crippen LogP contribution in [0.25, 0.3) is 11.5 Å². The lowest BCUT2D eigenvalue weighted by Crippen LogP contribution is -2.31. The third kappa shape index (κ3) is 2.22. The molecule has 94 valence electrons. The Bertz CT molecular complexity index is 568. The Kier molecular flexibility index (Phi) is 2.98. The van der Waals surface area contributed by atoms with Crippen molar-refractivity contribution in [1.82, 2.24) is 14.7 Å². The second-order valence-electron chi connectivity index (χ2n) is 4.50. The summed E-state index contributed by atoms with van der Waals surface area (Å²) in [4.78, 5) is 14.0. The van der Waals surface area contributed by atoms with Crippen LogP contribution in [0.4, 0.5) is 0 Å². The van der Waals surface area contributed by atoms with Gasteiger partial charge in [-0.05, 0) is 44.1 Å². The maximum absolute atomic E-state index is 11.8. The molecule has 0 bridgehead atoms. The van der Waals surface area contributed by atoms with Gasteiger partial charge >= 0.3 is 0 Å². The van der Waals surface area contributed by atoms with Crippen LogP contribution in [0.3, 0.4) is 0 Å². The lowest BCUT2D eigenvalue weighted by Gasteiger charge is -2.15. The van der Waals surface area contributed by atoms with Gasteiger partial charge in [-0.2, -0.15) is 5.10 Å². The highest BCUT2D eigenvalue weighted by Gasteiger charge is 2.13. The van der Waals surface area contributed by atoms with Crippen molar-refractivity contribution in [1.29, 1.82) is 0 Å². The zero-order chi connectivity index (χ0) is 12.4. The summed E-state index contributed by atoms with van der Waals surface area (Å²) >= 11 is 0. The molecule has 2 aromatic rings. The summed E-state index contributed by atoms with van der Waals surface area (Å²) in [6, 6.07) is 6.89. The minimum Gasteiger partial charge on any atom is -0.463 e. The molecule has 0 N–H and O–H groups in total. The molecule has 3 rings (SSSR count). The van der Waals surface area contributed by atoms with Gasteiger partial charge in [-0.1, -0.05) is 0 Å². The molecule has 1 fully saturated rings. The smallest absolute Gasteiger partial charge is 0.268 e. The molecule has 2 aromatic heterocycles. The number of furan rings is 1. The van der Waals surface area contributed by atoms with Crippen molar-refractivity contribution >= 4 is 0 Å². The topological polar surface area (TPSA) is 51.3 Å². The van der Waals surface area contributed by atoms with Crippen LogP contribution in [0.5, 0.6) is 0 Å². The SMILES string of the molecule is O=c1ccc(-c2ccco2)nn1CN1CCCC1. The van der Waals surface area contributed by atoms with Crippen molar-refractivity contribution < 1.29 is 4.42 Å². The van der Waals surface area contributed by atoms with Gasteiger partial charge in [-0.15, -0.1) is 0 Å². The van der Waals surface area contributed by atoms with Crippen molar-refractivity contribution in [3.8, 4) is 11.5 Å². The van der Waals surface area contributed by atoms with E-state index in [0.717, 1.165) is 13.1 Å². The zero-order valence-electron chi connectivity index (χ0n) is 10.1. The van der Waals surface area contributed by atoms with E-state index in [-0.39, 0.29) is 5.56 Å². The second kappa shape index (κ2) is 4.78. The van der Waals surface area contributed by atoms with Crippen molar-refractivity contribution in [2.24, 2.45) is 0 Å². The Hall–Kier alpha value is -1.88. The van der Waals surface area contributed by atoms with Gasteiger partial charge < -0.3 is 4.42 Å². The quantitative estimate of drug-likeness (QED) is 0.823. The van der Waals surface area contributed by atoms with Gasteiger partial charge in [-0.3, -0.25) is 9.69 Å². The number of hydrogen-bond acceptors (Lipinski definition) is 4. The van der Waals surface area contributed by atoms with Crippen LogP contribution in [-0.4, -0.2) is 27.8 Å². The fourth-order valence-electron chi connectivity index (χ4n) is 2.22. The van der Waals surface area contributed by atoms with Gasteiger partial charge in [0, 0.05) is 6.07 Å². The maximum Gasteiger partial charge on any atom is 0.268 e. The van der Waals surface area contributed by atoms with Crippen LogP contribution in [-0.2, 0) is 6.67 Å². The molecule has 1 aliphatic rings. The summed E-state index contributed by atoms with van der Waals surface area (Å²) in [5.41, 5.74) is 0.621. The Morgan fingerprint density at radius 2 is 2.06 bits per heavy atom. The predicted molar refractivity (Wildman–Crippen MR) is 67.0 cm³/mol. The van der Waals surface area contributed by atoms with E-state index in [0.29, 0.717) is 18.1 Å². The lowest BCUT2D eigenvalue weighted by molar-refractivity contribution is 0.249. The van der Waals surface area contributed by atoms with Crippen LogP contribution in [0.2, 0.25) is 0 Å². The zero-order valence-corrected chi connectivity index (χ0v) is 10.1. The largest absolute Gasteiger partial charge is 0.463 e. The molecule has 0 radical (unpaired) electrons. The van der Waals surface area contributed by atoms with Crippen molar-refractivity contribution in [2.45, 2.75) is 19.5 Å². The van der Waals surface area contributed by atoms with Crippen LogP contribution in [0.1, 0.15) is 12.8 Å². The van der Waals surface area contributed by atoms with Gasteiger partial charge in [-0.25, -0.2) is 4.68 Å². The van der Waals surface area contributed by atoms with Gasteiger partial charge in [0.1, 0.15) is 5.69 Å². The summed E-state index contributed by atoms with van der Waals surface area (Å²) in [5.74, 6) is 0.685. The van der Waals surface area contributed by atoms with Crippen LogP contribution >= 0.6 is 0 Å². The molecule has 0 aliphatic carbocycles. The molecule has 0 saturated carbocycles. The Balaban J connectivity index is 1.88. The number of nitrogens with zero attached hydrogens (tertiary/aromatic N) is 3. The van der Waals surface area contributed by atoms with E-state index in [1.165, 1.54) is 17.5 Å². The fraction of sp³-hybridized carbons (Fsp3) is 0.385. The summed E-state index contributed by atoms with van der Waals surface area (Å²) in [6.07, 6.45) is 4.01. The summed E-state index contributed by atoms with van der Waals surface area (Å²) in [7, 11) is 0. The van der Waals surface area contributed by atoms with Crippen LogP contribution in [0, 0.1) is 0 Å². The molecule has 18 heavy (non-hydrogen) atoms. The highest BCUT2D eigenvalue weighted by Crippen LogP contribution is 2.15. The van der Waals surface area contributed by atoms with Crippen LogP contribution < -0.4 is 5.56 Å². The normalized spacial score (nSPS) is 16.2. The molecule has 3 heterocycles. The standard InChI is InChI=1S/C13H15N3O2/c17-13-6-5-11(12-4-3-9-18-12)14-16(13)10-15-7-1-2-8-15/h3-6,9H,1-2,7-8,10H2. The highest BCUT2D eigenvalue weighted by molar-refractivity contribution is 5.50. The van der Waals surface area contributed by atoms with E-state index in [2.05, 4.69) is 10.00 Å². The monoisotopic (exact) mass is 245 g/mol. The predicted octanol–water partition coefficient (Wildman–Crippen LogP) is 1.56. The molecule has 0 unspecified atom stereocenters. The Morgan fingerprint density at radius 3 is 2.78 bits per heavy atom. The molecule has 0 aromatic carbocycles. The average Bonchev–Trinajstić information content (AvgIpc) is 3.04. The Labute approximate surface area is 105 Å². The van der Waals surface area contributed by atoms with Crippen molar-refractivity contribution in [3.63, 3.8) is 0 Å². The number of likely N-dealkylation sites (tertiary alicyclic amines) is 1. The Morgan fingerprint density at radius 1 is 1.22 bits per heavy atom. The van der Waals surface area contributed by atoms with E-state index in [9.17, 15) is 4.79 Å². The minimum atomic E-state index is -0.0720. The van der Waals surface area contributed by atoms with E-state index in [1.807, 2.05) is 12.1 Å². The molecular weight excluding hydrogens is 230 g/mol. The molecule has 1 saturated heterocycles. The first-order valence-electron chi connectivity index (χ1n) is 6.17. The first kappa shape index (κ1) is 11.2. The minimum absolute atomic E-state index is 0.0720. The fourth-order valence-corrected chi connectivity index (χ4v) is 2.22. The van der Waals surface area contributed by atoms with Gasteiger partial charge in [0.25, 0.3) is 5.56 Å². The molecule has 0 amide bonds. The first-order chi connectivity index (χ1) is 8.83. The third-order valence-electron chi connectivity index (χ3n) is 3.17. The molecule has 0 spiro atoms. The average molecular weight is 245 g/mol. The number of hydrogen-bond donors (Lipinski definition) is 0. The van der Waals surface area contributed by atoms with E-state index in [1.54, 1.807) is 18.4 Å². The molecular formula is C13H15N3O2. The lowest BCUT2D eigenvalue weighted by atomic mass is 10.3. The van der Waals surface area contributed by atoms with E-state index in [4.69, 9.17) is 4.42 Å². The number of rotatable bonds is 3. The summed E-state index contributed by atoms with van der Waals surface area (Å²) < 4.78 is 6.80. The number of aromatic nitrogens is 2. The van der Waals surface area contributed by atoms with Gasteiger partial charge in [0.2, 0.25) is 0 Å². The summed E-state index contributed by atoms with van der Waals surface area (Å²) in [6.45, 7) is 2.64. The summed E-state index contributed by atoms with van der Waals surface area (Å²) in [5, 5.41) is 4.35. The molecule has 5 nitrogen and oxygen atoms in total. The second-order valence-corrected chi connectivity index (χ2v) is 4.50. The molecule has 0 atom stereocenters.